The molecule has 0 aliphatic heterocycles. The fraction of sp³-hybridized carbons (Fsp3) is 0.381. The Morgan fingerprint density at radius 2 is 1.86 bits per heavy atom. The first-order valence-electron chi connectivity index (χ1n) is 9.30. The number of halogens is 1. The fourth-order valence-electron chi connectivity index (χ4n) is 3.14. The summed E-state index contributed by atoms with van der Waals surface area (Å²) in [5.41, 5.74) is 2.66. The summed E-state index contributed by atoms with van der Waals surface area (Å²) >= 11 is 0. The smallest absolute Gasteiger partial charge is 0.243 e. The lowest BCUT2D eigenvalue weighted by Crippen LogP contribution is -2.49. The van der Waals surface area contributed by atoms with Crippen molar-refractivity contribution in [2.45, 2.75) is 39.2 Å². The van der Waals surface area contributed by atoms with Gasteiger partial charge in [0, 0.05) is 6.54 Å². The standard InChI is InChI=1S/C21H27FN2O3S/c1-4-20(24(28(3,26)27)19-12-10-18(22)11-13-19)21(25)23-14-6-9-17-8-5-7-16(2)15-17/h5,7-8,10-13,15,20H,4,6,9,14H2,1-3H3,(H,23,25)/t20-/m1/s1. The Hall–Kier alpha value is -2.41. The predicted octanol–water partition coefficient (Wildman–Crippen LogP) is 3.43. The number of benzene rings is 2. The largest absolute Gasteiger partial charge is 0.354 e. The molecule has 0 radical (unpaired) electrons. The van der Waals surface area contributed by atoms with E-state index in [1.165, 1.54) is 35.4 Å². The van der Waals surface area contributed by atoms with Crippen LogP contribution in [-0.4, -0.2) is 33.2 Å². The van der Waals surface area contributed by atoms with Crippen molar-refractivity contribution in [2.24, 2.45) is 0 Å². The third-order valence-corrected chi connectivity index (χ3v) is 5.61. The minimum atomic E-state index is -3.72. The minimum Gasteiger partial charge on any atom is -0.354 e. The molecule has 0 fully saturated rings. The number of carbonyl (C=O) groups excluding carboxylic acids is 1. The molecular weight excluding hydrogens is 379 g/mol. The van der Waals surface area contributed by atoms with Crippen molar-refractivity contribution in [3.05, 3.63) is 65.5 Å². The van der Waals surface area contributed by atoms with Gasteiger partial charge < -0.3 is 5.32 Å². The highest BCUT2D eigenvalue weighted by Crippen LogP contribution is 2.22. The highest BCUT2D eigenvalue weighted by molar-refractivity contribution is 7.92. The molecule has 2 rings (SSSR count). The van der Waals surface area contributed by atoms with Crippen LogP contribution in [0.4, 0.5) is 10.1 Å². The molecule has 7 heteroatoms. The van der Waals surface area contributed by atoms with Gasteiger partial charge >= 0.3 is 0 Å². The lowest BCUT2D eigenvalue weighted by atomic mass is 10.1. The van der Waals surface area contributed by atoms with Crippen LogP contribution in [0.25, 0.3) is 0 Å². The van der Waals surface area contributed by atoms with Crippen LogP contribution in [0.2, 0.25) is 0 Å². The van der Waals surface area contributed by atoms with Crippen LogP contribution in [0.3, 0.4) is 0 Å². The number of anilines is 1. The van der Waals surface area contributed by atoms with Gasteiger partial charge in [-0.3, -0.25) is 9.10 Å². The Morgan fingerprint density at radius 1 is 1.18 bits per heavy atom. The van der Waals surface area contributed by atoms with Crippen molar-refractivity contribution in [1.29, 1.82) is 0 Å². The zero-order valence-corrected chi connectivity index (χ0v) is 17.3. The molecule has 0 saturated heterocycles. The van der Waals surface area contributed by atoms with Gasteiger partial charge in [0.15, 0.2) is 0 Å². The maximum atomic E-state index is 13.2. The molecule has 28 heavy (non-hydrogen) atoms. The average Bonchev–Trinajstić information content (AvgIpc) is 2.63. The van der Waals surface area contributed by atoms with Crippen LogP contribution in [0.5, 0.6) is 0 Å². The molecular formula is C21H27FN2O3S. The zero-order chi connectivity index (χ0) is 20.7. The Kier molecular flexibility index (Phi) is 7.57. The molecule has 2 aromatic carbocycles. The van der Waals surface area contributed by atoms with E-state index in [-0.39, 0.29) is 11.6 Å². The number of aryl methyl sites for hydroxylation is 2. The SMILES string of the molecule is CC[C@H](C(=O)NCCCc1cccc(C)c1)N(c1ccc(F)cc1)S(C)(=O)=O. The van der Waals surface area contributed by atoms with Crippen molar-refractivity contribution in [2.75, 3.05) is 17.1 Å². The van der Waals surface area contributed by atoms with Gasteiger partial charge in [-0.2, -0.15) is 0 Å². The van der Waals surface area contributed by atoms with E-state index in [0.29, 0.717) is 13.0 Å². The van der Waals surface area contributed by atoms with Crippen LogP contribution in [0.1, 0.15) is 30.9 Å². The Balaban J connectivity index is 2.04. The number of nitrogens with one attached hydrogen (secondary N) is 1. The maximum Gasteiger partial charge on any atom is 0.243 e. The summed E-state index contributed by atoms with van der Waals surface area (Å²) in [4.78, 5) is 12.7. The molecule has 1 N–H and O–H groups in total. The van der Waals surface area contributed by atoms with Crippen LogP contribution >= 0.6 is 0 Å². The number of rotatable bonds is 9. The Labute approximate surface area is 166 Å². The van der Waals surface area contributed by atoms with Crippen LogP contribution in [0, 0.1) is 12.7 Å². The van der Waals surface area contributed by atoms with Crippen molar-refractivity contribution >= 4 is 21.6 Å². The lowest BCUT2D eigenvalue weighted by Gasteiger charge is -2.30. The van der Waals surface area contributed by atoms with Gasteiger partial charge in [-0.15, -0.1) is 0 Å². The van der Waals surface area contributed by atoms with Gasteiger partial charge in [0.1, 0.15) is 11.9 Å². The third-order valence-electron chi connectivity index (χ3n) is 4.43. The molecule has 0 bridgehead atoms. The van der Waals surface area contributed by atoms with E-state index in [9.17, 15) is 17.6 Å². The Morgan fingerprint density at radius 3 is 2.43 bits per heavy atom. The van der Waals surface area contributed by atoms with Crippen molar-refractivity contribution in [3.8, 4) is 0 Å². The first kappa shape index (κ1) is 21.9. The molecule has 0 aliphatic rings. The normalized spacial score (nSPS) is 12.4. The summed E-state index contributed by atoms with van der Waals surface area (Å²) in [6.07, 6.45) is 2.92. The van der Waals surface area contributed by atoms with Gasteiger partial charge in [-0.25, -0.2) is 12.8 Å². The average molecular weight is 407 g/mol. The van der Waals surface area contributed by atoms with Gasteiger partial charge in [-0.05, 0) is 56.0 Å². The van der Waals surface area contributed by atoms with E-state index in [1.54, 1.807) is 6.92 Å². The second-order valence-electron chi connectivity index (χ2n) is 6.84. The summed E-state index contributed by atoms with van der Waals surface area (Å²) < 4.78 is 38.9. The molecule has 2 aromatic rings. The third kappa shape index (κ3) is 6.05. The molecule has 0 aromatic heterocycles. The zero-order valence-electron chi connectivity index (χ0n) is 16.5. The quantitative estimate of drug-likeness (QED) is 0.649. The van der Waals surface area contributed by atoms with Gasteiger partial charge in [0.25, 0.3) is 0 Å². The number of nitrogens with zero attached hydrogens (tertiary/aromatic N) is 1. The molecule has 1 amide bonds. The highest BCUT2D eigenvalue weighted by Gasteiger charge is 2.31. The van der Waals surface area contributed by atoms with Crippen LogP contribution < -0.4 is 9.62 Å². The summed E-state index contributed by atoms with van der Waals surface area (Å²) in [5.74, 6) is -0.827. The van der Waals surface area contributed by atoms with Crippen LogP contribution in [-0.2, 0) is 21.2 Å². The molecule has 0 heterocycles. The van der Waals surface area contributed by atoms with E-state index in [4.69, 9.17) is 0 Å². The molecule has 0 unspecified atom stereocenters. The minimum absolute atomic E-state index is 0.269. The molecule has 0 saturated carbocycles. The molecule has 152 valence electrons. The lowest BCUT2D eigenvalue weighted by molar-refractivity contribution is -0.122. The van der Waals surface area contributed by atoms with E-state index >= 15 is 0 Å². The van der Waals surface area contributed by atoms with Crippen LogP contribution in [0.15, 0.2) is 48.5 Å². The topological polar surface area (TPSA) is 66.5 Å². The summed E-state index contributed by atoms with van der Waals surface area (Å²) in [5, 5.41) is 2.83. The van der Waals surface area contributed by atoms with Crippen molar-refractivity contribution in [3.63, 3.8) is 0 Å². The van der Waals surface area contributed by atoms with E-state index in [0.717, 1.165) is 23.4 Å². The molecule has 5 nitrogen and oxygen atoms in total. The maximum absolute atomic E-state index is 13.2. The van der Waals surface area contributed by atoms with E-state index in [2.05, 4.69) is 11.4 Å². The summed E-state index contributed by atoms with van der Waals surface area (Å²) in [6.45, 7) is 4.23. The monoisotopic (exact) mass is 406 g/mol. The molecule has 0 spiro atoms. The highest BCUT2D eigenvalue weighted by atomic mass is 32.2. The van der Waals surface area contributed by atoms with Gasteiger partial charge in [0.2, 0.25) is 15.9 Å². The first-order chi connectivity index (χ1) is 13.2. The van der Waals surface area contributed by atoms with Gasteiger partial charge in [0.05, 0.1) is 11.9 Å². The number of hydrogen-bond acceptors (Lipinski definition) is 3. The fourth-order valence-corrected chi connectivity index (χ4v) is 4.35. The second kappa shape index (κ2) is 9.68. The van der Waals surface area contributed by atoms with E-state index in [1.807, 2.05) is 25.1 Å². The predicted molar refractivity (Wildman–Crippen MR) is 110 cm³/mol. The van der Waals surface area contributed by atoms with Crippen molar-refractivity contribution < 1.29 is 17.6 Å². The summed E-state index contributed by atoms with van der Waals surface area (Å²) in [6, 6.07) is 12.4. The summed E-state index contributed by atoms with van der Waals surface area (Å²) in [7, 11) is -3.72. The number of hydrogen-bond donors (Lipinski definition) is 1. The number of amides is 1. The first-order valence-corrected chi connectivity index (χ1v) is 11.2. The Bertz CT molecular complexity index is 898. The molecule has 1 atom stereocenters. The van der Waals surface area contributed by atoms with E-state index < -0.39 is 21.9 Å². The number of carbonyl (C=O) groups is 1. The van der Waals surface area contributed by atoms with Crippen molar-refractivity contribution in [1.82, 2.24) is 5.32 Å². The molecule has 0 aliphatic carbocycles. The number of sulfonamides is 1. The van der Waals surface area contributed by atoms with Gasteiger partial charge in [-0.1, -0.05) is 36.8 Å². The second-order valence-corrected chi connectivity index (χ2v) is 8.70.